The van der Waals surface area contributed by atoms with E-state index in [1.807, 2.05) is 12.1 Å². The lowest BCUT2D eigenvalue weighted by Crippen LogP contribution is -2.26. The van der Waals surface area contributed by atoms with Gasteiger partial charge in [-0.25, -0.2) is 4.98 Å². The molecule has 6 nitrogen and oxygen atoms in total. The number of pyridine rings is 1. The van der Waals surface area contributed by atoms with Gasteiger partial charge in [0.1, 0.15) is 11.3 Å². The second-order valence-electron chi connectivity index (χ2n) is 5.45. The quantitative estimate of drug-likeness (QED) is 0.829. The lowest BCUT2D eigenvalue weighted by atomic mass is 10.1. The number of aliphatic hydroxyl groups is 1. The molecule has 2 rings (SSSR count). The fourth-order valence-corrected chi connectivity index (χ4v) is 2.05. The van der Waals surface area contributed by atoms with Gasteiger partial charge in [-0.05, 0) is 36.2 Å². The predicted molar refractivity (Wildman–Crippen MR) is 94.8 cm³/mol. The summed E-state index contributed by atoms with van der Waals surface area (Å²) in [5, 5.41) is 8.98. The molecule has 1 atom stereocenters. The van der Waals surface area contributed by atoms with Crippen molar-refractivity contribution in [3.05, 3.63) is 53.7 Å². The molecule has 1 aromatic heterocycles. The molecule has 130 valence electrons. The van der Waals surface area contributed by atoms with E-state index in [2.05, 4.69) is 4.98 Å². The van der Waals surface area contributed by atoms with Crippen LogP contribution in [0.1, 0.15) is 15.9 Å². The van der Waals surface area contributed by atoms with Gasteiger partial charge >= 0.3 is 0 Å². The SMILES string of the molecule is CN(C)C(=O)c1cccnc1Oc1ccc(CC(N)CO)cc1.Cl. The zero-order valence-corrected chi connectivity index (χ0v) is 14.5. The maximum Gasteiger partial charge on any atom is 0.258 e. The highest BCUT2D eigenvalue weighted by Gasteiger charge is 2.15. The Morgan fingerprint density at radius 1 is 1.29 bits per heavy atom. The van der Waals surface area contributed by atoms with Crippen molar-refractivity contribution >= 4 is 18.3 Å². The maximum absolute atomic E-state index is 12.1. The molecule has 1 unspecified atom stereocenters. The summed E-state index contributed by atoms with van der Waals surface area (Å²) >= 11 is 0. The molecule has 3 N–H and O–H groups in total. The van der Waals surface area contributed by atoms with E-state index in [1.165, 1.54) is 4.90 Å². The molecule has 7 heteroatoms. The van der Waals surface area contributed by atoms with Gasteiger partial charge in [-0.1, -0.05) is 12.1 Å². The van der Waals surface area contributed by atoms with Crippen molar-refractivity contribution in [1.29, 1.82) is 0 Å². The first-order chi connectivity index (χ1) is 11.0. The van der Waals surface area contributed by atoms with Gasteiger partial charge in [-0.3, -0.25) is 4.79 Å². The molecule has 0 aliphatic carbocycles. The van der Waals surface area contributed by atoms with E-state index in [1.54, 1.807) is 44.6 Å². The van der Waals surface area contributed by atoms with E-state index >= 15 is 0 Å². The molecule has 0 bridgehead atoms. The summed E-state index contributed by atoms with van der Waals surface area (Å²) in [6.07, 6.45) is 2.17. The van der Waals surface area contributed by atoms with Crippen molar-refractivity contribution in [3.8, 4) is 11.6 Å². The maximum atomic E-state index is 12.1. The van der Waals surface area contributed by atoms with Gasteiger partial charge in [0.15, 0.2) is 0 Å². The molecule has 24 heavy (non-hydrogen) atoms. The number of halogens is 1. The Kier molecular flexibility index (Phi) is 7.64. The average molecular weight is 352 g/mol. The number of rotatable bonds is 6. The van der Waals surface area contributed by atoms with Gasteiger partial charge in [0.25, 0.3) is 5.91 Å². The Morgan fingerprint density at radius 3 is 2.54 bits per heavy atom. The molecule has 1 aromatic carbocycles. The van der Waals surface area contributed by atoms with E-state index in [-0.39, 0.29) is 36.8 Å². The number of aromatic nitrogens is 1. The highest BCUT2D eigenvalue weighted by molar-refractivity contribution is 5.96. The van der Waals surface area contributed by atoms with Crippen LogP contribution in [0.4, 0.5) is 0 Å². The third-order valence-electron chi connectivity index (χ3n) is 3.28. The van der Waals surface area contributed by atoms with Crippen LogP contribution < -0.4 is 10.5 Å². The number of amides is 1. The van der Waals surface area contributed by atoms with Crippen LogP contribution in [-0.2, 0) is 6.42 Å². The number of hydrogen-bond acceptors (Lipinski definition) is 5. The van der Waals surface area contributed by atoms with Crippen molar-refractivity contribution in [2.24, 2.45) is 5.73 Å². The first kappa shape index (κ1) is 19.9. The molecule has 0 fully saturated rings. The molecule has 2 aromatic rings. The van der Waals surface area contributed by atoms with E-state index < -0.39 is 0 Å². The summed E-state index contributed by atoms with van der Waals surface area (Å²) in [6, 6.07) is 10.4. The smallest absolute Gasteiger partial charge is 0.258 e. The van der Waals surface area contributed by atoms with Crippen LogP contribution in [-0.4, -0.2) is 47.6 Å². The molecule has 0 saturated carbocycles. The number of nitrogens with zero attached hydrogens (tertiary/aromatic N) is 2. The zero-order valence-electron chi connectivity index (χ0n) is 13.7. The van der Waals surface area contributed by atoms with Crippen molar-refractivity contribution < 1.29 is 14.6 Å². The molecule has 0 aliphatic rings. The third kappa shape index (κ3) is 5.19. The summed E-state index contributed by atoms with van der Waals surface area (Å²) in [6.45, 7) is -0.0534. The van der Waals surface area contributed by atoms with Gasteiger partial charge < -0.3 is 20.5 Å². The average Bonchev–Trinajstić information content (AvgIpc) is 2.56. The highest BCUT2D eigenvalue weighted by Crippen LogP contribution is 2.24. The Hall–Kier alpha value is -2.15. The van der Waals surface area contributed by atoms with E-state index in [4.69, 9.17) is 15.6 Å². The second-order valence-corrected chi connectivity index (χ2v) is 5.45. The van der Waals surface area contributed by atoms with Crippen LogP contribution in [0.3, 0.4) is 0 Å². The van der Waals surface area contributed by atoms with Crippen LogP contribution >= 0.6 is 12.4 Å². The van der Waals surface area contributed by atoms with Crippen LogP contribution in [0.5, 0.6) is 11.6 Å². The lowest BCUT2D eigenvalue weighted by molar-refractivity contribution is 0.0824. The Morgan fingerprint density at radius 2 is 1.96 bits per heavy atom. The number of carbonyl (C=O) groups is 1. The number of carbonyl (C=O) groups excluding carboxylic acids is 1. The normalized spacial score (nSPS) is 11.3. The summed E-state index contributed by atoms with van der Waals surface area (Å²) in [5.74, 6) is 0.683. The van der Waals surface area contributed by atoms with Gasteiger partial charge in [0, 0.05) is 26.3 Å². The standard InChI is InChI=1S/C17H21N3O3.ClH/c1-20(2)17(22)15-4-3-9-19-16(15)23-14-7-5-12(6-8-14)10-13(18)11-21;/h3-9,13,21H,10-11,18H2,1-2H3;1H. The molecule has 0 spiro atoms. The molecule has 0 radical (unpaired) electrons. The van der Waals surface area contributed by atoms with Crippen molar-refractivity contribution in [2.75, 3.05) is 20.7 Å². The molecular formula is C17H22ClN3O3. The monoisotopic (exact) mass is 351 g/mol. The zero-order chi connectivity index (χ0) is 16.8. The van der Waals surface area contributed by atoms with Gasteiger partial charge in [-0.15, -0.1) is 12.4 Å². The van der Waals surface area contributed by atoms with Gasteiger partial charge in [0.2, 0.25) is 5.88 Å². The minimum atomic E-state index is -0.276. The summed E-state index contributed by atoms with van der Waals surface area (Å²) in [7, 11) is 3.36. The number of ether oxygens (including phenoxy) is 1. The van der Waals surface area contributed by atoms with Crippen LogP contribution in [0.25, 0.3) is 0 Å². The van der Waals surface area contributed by atoms with E-state index in [0.717, 1.165) is 5.56 Å². The summed E-state index contributed by atoms with van der Waals surface area (Å²) < 4.78 is 5.73. The van der Waals surface area contributed by atoms with Gasteiger partial charge in [0.05, 0.1) is 6.61 Å². The minimum absolute atomic E-state index is 0. The number of hydrogen-bond donors (Lipinski definition) is 2. The fraction of sp³-hybridized carbons (Fsp3) is 0.294. The molecular weight excluding hydrogens is 330 g/mol. The first-order valence-corrected chi connectivity index (χ1v) is 7.31. The van der Waals surface area contributed by atoms with Crippen molar-refractivity contribution in [3.63, 3.8) is 0 Å². The Balaban J connectivity index is 0.00000288. The highest BCUT2D eigenvalue weighted by atomic mass is 35.5. The molecule has 0 saturated heterocycles. The minimum Gasteiger partial charge on any atom is -0.438 e. The van der Waals surface area contributed by atoms with Gasteiger partial charge in [-0.2, -0.15) is 0 Å². The number of aliphatic hydroxyl groups excluding tert-OH is 1. The second kappa shape index (κ2) is 9.22. The van der Waals surface area contributed by atoms with E-state index in [9.17, 15) is 4.79 Å². The van der Waals surface area contributed by atoms with Crippen molar-refractivity contribution in [2.45, 2.75) is 12.5 Å². The third-order valence-corrected chi connectivity index (χ3v) is 3.28. The number of benzene rings is 1. The molecule has 1 heterocycles. The Labute approximate surface area is 147 Å². The topological polar surface area (TPSA) is 88.7 Å². The fourth-order valence-electron chi connectivity index (χ4n) is 2.05. The largest absolute Gasteiger partial charge is 0.438 e. The molecule has 1 amide bonds. The number of nitrogens with two attached hydrogens (primary N) is 1. The first-order valence-electron chi connectivity index (χ1n) is 7.31. The lowest BCUT2D eigenvalue weighted by Gasteiger charge is -2.14. The van der Waals surface area contributed by atoms with E-state index in [0.29, 0.717) is 17.7 Å². The predicted octanol–water partition coefficient (Wildman–Crippen LogP) is 1.86. The summed E-state index contributed by atoms with van der Waals surface area (Å²) in [4.78, 5) is 17.7. The molecule has 0 aliphatic heterocycles. The Bertz CT molecular complexity index is 662. The van der Waals surface area contributed by atoms with Crippen LogP contribution in [0, 0.1) is 0 Å². The van der Waals surface area contributed by atoms with Crippen LogP contribution in [0.15, 0.2) is 42.6 Å². The summed E-state index contributed by atoms with van der Waals surface area (Å²) in [5.41, 5.74) is 7.13. The van der Waals surface area contributed by atoms with Crippen molar-refractivity contribution in [1.82, 2.24) is 9.88 Å². The van der Waals surface area contributed by atoms with Crippen LogP contribution in [0.2, 0.25) is 0 Å².